The van der Waals surface area contributed by atoms with Crippen LogP contribution in [0, 0.1) is 0 Å². The van der Waals surface area contributed by atoms with Gasteiger partial charge in [0.25, 0.3) is 0 Å². The van der Waals surface area contributed by atoms with Crippen LogP contribution in [0.3, 0.4) is 0 Å². The molecule has 2 aromatic rings. The second-order valence-corrected chi connectivity index (χ2v) is 9.46. The third-order valence-electron chi connectivity index (χ3n) is 5.95. The van der Waals surface area contributed by atoms with Crippen molar-refractivity contribution in [3.63, 3.8) is 0 Å². The van der Waals surface area contributed by atoms with Crippen LogP contribution >= 0.6 is 0 Å². The monoisotopic (exact) mass is 601 g/mol. The van der Waals surface area contributed by atoms with Crippen LogP contribution in [0.4, 0.5) is 50.0 Å². The quantitative estimate of drug-likeness (QED) is 0.265. The van der Waals surface area contributed by atoms with E-state index in [-0.39, 0.29) is 36.8 Å². The van der Waals surface area contributed by atoms with Gasteiger partial charge in [-0.3, -0.25) is 9.78 Å². The minimum absolute atomic E-state index is 0.0326. The highest BCUT2D eigenvalue weighted by Crippen LogP contribution is 2.41. The molecule has 0 aliphatic carbocycles. The van der Waals surface area contributed by atoms with Gasteiger partial charge in [-0.05, 0) is 56.5 Å². The standard InChI is InChI=1S/C25H24F9N3O4/c1-13(2)40-22(39)41-37-6-4-5-19(21-20(37)10-18(11-35-21)25(32,33)34)36(14(3)38)12-15-7-16(23(26,27)28)9-17(8-15)24(29,30)31/h7-11,13,19H,4-6,12H2,1-3H3. The van der Waals surface area contributed by atoms with E-state index >= 15 is 0 Å². The van der Waals surface area contributed by atoms with E-state index in [1.165, 1.54) is 13.8 Å². The molecule has 0 N–H and O–H groups in total. The van der Waals surface area contributed by atoms with E-state index < -0.39 is 71.5 Å². The topological polar surface area (TPSA) is 72.0 Å². The molecule has 0 bridgehead atoms. The van der Waals surface area contributed by atoms with E-state index in [0.717, 1.165) is 16.9 Å². The molecular formula is C25H24F9N3O4. The SMILES string of the molecule is CC(=O)N(Cc1cc(C(F)(F)F)cc(C(F)(F)F)c1)C1CCCN(OC(=O)OC(C)C)c2cc(C(F)(F)F)cnc21. The Balaban J connectivity index is 2.11. The molecule has 1 aliphatic heterocycles. The van der Waals surface area contributed by atoms with Gasteiger partial charge >= 0.3 is 24.7 Å². The van der Waals surface area contributed by atoms with Crippen molar-refractivity contribution in [3.8, 4) is 0 Å². The number of carbonyl (C=O) groups is 2. The minimum Gasteiger partial charge on any atom is -0.430 e. The Hall–Kier alpha value is -3.72. The number of aromatic nitrogens is 1. The Morgan fingerprint density at radius 3 is 2.00 bits per heavy atom. The van der Waals surface area contributed by atoms with Crippen molar-refractivity contribution in [2.45, 2.75) is 70.8 Å². The molecule has 1 amide bonds. The number of ether oxygens (including phenoxy) is 1. The minimum atomic E-state index is -5.13. The number of fused-ring (bicyclic) bond motifs is 1. The molecule has 1 aromatic carbocycles. The fourth-order valence-electron chi connectivity index (χ4n) is 4.21. The molecule has 1 aliphatic rings. The normalized spacial score (nSPS) is 16.2. The number of carbonyl (C=O) groups excluding carboxylic acids is 2. The number of pyridine rings is 1. The summed E-state index contributed by atoms with van der Waals surface area (Å²) in [5.74, 6) is -0.804. The summed E-state index contributed by atoms with van der Waals surface area (Å²) in [5, 5.41) is 0.798. The third kappa shape index (κ3) is 7.94. The van der Waals surface area contributed by atoms with Gasteiger partial charge in [-0.15, -0.1) is 0 Å². The maximum atomic E-state index is 13.5. The summed E-state index contributed by atoms with van der Waals surface area (Å²) in [6.45, 7) is 3.05. The van der Waals surface area contributed by atoms with Crippen molar-refractivity contribution in [2.24, 2.45) is 0 Å². The maximum Gasteiger partial charge on any atom is 0.533 e. The molecule has 0 saturated heterocycles. The molecule has 0 radical (unpaired) electrons. The van der Waals surface area contributed by atoms with Gasteiger partial charge in [0.2, 0.25) is 5.91 Å². The summed E-state index contributed by atoms with van der Waals surface area (Å²) in [7, 11) is 0. The van der Waals surface area contributed by atoms with Crippen LogP contribution in [-0.2, 0) is 39.4 Å². The zero-order valence-corrected chi connectivity index (χ0v) is 21.7. The Morgan fingerprint density at radius 1 is 0.951 bits per heavy atom. The number of hydroxylamine groups is 1. The Morgan fingerprint density at radius 2 is 1.51 bits per heavy atom. The molecule has 1 unspecified atom stereocenters. The second kappa shape index (κ2) is 11.6. The summed E-state index contributed by atoms with van der Waals surface area (Å²) >= 11 is 0. The fourth-order valence-corrected chi connectivity index (χ4v) is 4.21. The lowest BCUT2D eigenvalue weighted by atomic mass is 10.0. The molecule has 16 heteroatoms. The van der Waals surface area contributed by atoms with Gasteiger partial charge in [-0.2, -0.15) is 39.5 Å². The number of benzene rings is 1. The number of nitrogens with zero attached hydrogens (tertiary/aromatic N) is 3. The van der Waals surface area contributed by atoms with Crippen molar-refractivity contribution in [2.75, 3.05) is 11.6 Å². The van der Waals surface area contributed by atoms with Gasteiger partial charge in [0.05, 0.1) is 46.8 Å². The first kappa shape index (κ1) is 31.8. The molecule has 1 atom stereocenters. The molecule has 7 nitrogen and oxygen atoms in total. The molecule has 1 aromatic heterocycles. The first-order valence-electron chi connectivity index (χ1n) is 12.1. The van der Waals surface area contributed by atoms with Crippen LogP contribution in [0.15, 0.2) is 30.5 Å². The summed E-state index contributed by atoms with van der Waals surface area (Å²) in [6, 6.07) is 0.270. The van der Waals surface area contributed by atoms with E-state index in [1.807, 2.05) is 0 Å². The van der Waals surface area contributed by atoms with Crippen molar-refractivity contribution >= 4 is 17.7 Å². The predicted octanol–water partition coefficient (Wildman–Crippen LogP) is 7.30. The number of halogens is 9. The van der Waals surface area contributed by atoms with E-state index in [9.17, 15) is 49.1 Å². The van der Waals surface area contributed by atoms with Crippen LogP contribution < -0.4 is 5.06 Å². The molecule has 2 heterocycles. The van der Waals surface area contributed by atoms with Gasteiger partial charge in [0.15, 0.2) is 0 Å². The lowest BCUT2D eigenvalue weighted by molar-refractivity contribution is -0.143. The van der Waals surface area contributed by atoms with Crippen molar-refractivity contribution < 1.29 is 58.7 Å². The van der Waals surface area contributed by atoms with Crippen LogP contribution in [0.25, 0.3) is 0 Å². The zero-order chi connectivity index (χ0) is 30.9. The lowest BCUT2D eigenvalue weighted by Gasteiger charge is -2.32. The highest BCUT2D eigenvalue weighted by atomic mass is 19.4. The molecule has 0 fully saturated rings. The fraction of sp³-hybridized carbons (Fsp3) is 0.480. The smallest absolute Gasteiger partial charge is 0.430 e. The molecule has 226 valence electrons. The van der Waals surface area contributed by atoms with Crippen molar-refractivity contribution in [1.82, 2.24) is 9.88 Å². The van der Waals surface area contributed by atoms with E-state index in [1.54, 1.807) is 0 Å². The van der Waals surface area contributed by atoms with Gasteiger partial charge < -0.3 is 14.5 Å². The molecule has 0 saturated carbocycles. The molecule has 41 heavy (non-hydrogen) atoms. The van der Waals surface area contributed by atoms with Gasteiger partial charge in [0, 0.05) is 19.7 Å². The highest BCUT2D eigenvalue weighted by molar-refractivity contribution is 5.74. The Labute approximate surface area is 227 Å². The third-order valence-corrected chi connectivity index (χ3v) is 5.95. The number of hydrogen-bond donors (Lipinski definition) is 0. The highest BCUT2D eigenvalue weighted by Gasteiger charge is 2.39. The second-order valence-electron chi connectivity index (χ2n) is 9.46. The predicted molar refractivity (Wildman–Crippen MR) is 124 cm³/mol. The van der Waals surface area contributed by atoms with Gasteiger partial charge in [-0.1, -0.05) is 0 Å². The number of amides is 1. The van der Waals surface area contributed by atoms with Gasteiger partial charge in [0.1, 0.15) is 0 Å². The Kier molecular flexibility index (Phi) is 9.03. The molecule has 0 spiro atoms. The van der Waals surface area contributed by atoms with E-state index in [4.69, 9.17) is 9.57 Å². The summed E-state index contributed by atoms with van der Waals surface area (Å²) in [6.07, 6.45) is -16.5. The van der Waals surface area contributed by atoms with Gasteiger partial charge in [-0.25, -0.2) is 9.86 Å². The first-order valence-corrected chi connectivity index (χ1v) is 12.1. The number of anilines is 1. The Bertz CT molecular complexity index is 1240. The summed E-state index contributed by atoms with van der Waals surface area (Å²) in [5.41, 5.74) is -5.54. The summed E-state index contributed by atoms with van der Waals surface area (Å²) < 4.78 is 126. The first-order chi connectivity index (χ1) is 18.8. The largest absolute Gasteiger partial charge is 0.533 e. The summed E-state index contributed by atoms with van der Waals surface area (Å²) in [4.78, 5) is 34.7. The zero-order valence-electron chi connectivity index (χ0n) is 21.7. The van der Waals surface area contributed by atoms with Crippen LogP contribution in [0.5, 0.6) is 0 Å². The van der Waals surface area contributed by atoms with E-state index in [2.05, 4.69) is 4.98 Å². The maximum absolute atomic E-state index is 13.5. The number of alkyl halides is 9. The van der Waals surface area contributed by atoms with Crippen LogP contribution in [0.2, 0.25) is 0 Å². The van der Waals surface area contributed by atoms with Crippen LogP contribution in [-0.4, -0.2) is 34.6 Å². The van der Waals surface area contributed by atoms with Crippen molar-refractivity contribution in [1.29, 1.82) is 0 Å². The lowest BCUT2D eigenvalue weighted by Crippen LogP contribution is -2.34. The van der Waals surface area contributed by atoms with Crippen LogP contribution in [0.1, 0.15) is 67.6 Å². The molecule has 3 rings (SSSR count). The number of rotatable bonds is 5. The van der Waals surface area contributed by atoms with Crippen molar-refractivity contribution in [3.05, 3.63) is 58.4 Å². The number of hydrogen-bond acceptors (Lipinski definition) is 6. The average molecular weight is 601 g/mol. The molecular weight excluding hydrogens is 577 g/mol. The van der Waals surface area contributed by atoms with E-state index in [0.29, 0.717) is 24.4 Å². The average Bonchev–Trinajstić information content (AvgIpc) is 2.99.